The van der Waals surface area contributed by atoms with Crippen LogP contribution in [-0.2, 0) is 16.0 Å². The zero-order chi connectivity index (χ0) is 21.4. The molecule has 164 valence electrons. The van der Waals surface area contributed by atoms with Gasteiger partial charge in [0.15, 0.2) is 11.5 Å². The predicted molar refractivity (Wildman–Crippen MR) is 116 cm³/mol. The number of nitrogens with zero attached hydrogens (tertiary/aromatic N) is 1. The van der Waals surface area contributed by atoms with Crippen LogP contribution in [0.3, 0.4) is 0 Å². The topological polar surface area (TPSA) is 68.2 Å². The molecule has 0 amide bonds. The first kappa shape index (κ1) is 20.2. The average Bonchev–Trinajstić information content (AvgIpc) is 2.79. The Bertz CT molecular complexity index is 957. The molecule has 6 nitrogen and oxygen atoms in total. The number of aromatic hydroxyl groups is 1. The first-order valence-electron chi connectivity index (χ1n) is 11.2. The number of piperidine rings is 2. The number of rotatable bonds is 1. The van der Waals surface area contributed by atoms with Gasteiger partial charge in [-0.15, -0.1) is 0 Å². The minimum Gasteiger partial charge on any atom is -0.502 e. The number of carbonyl (C=O) groups excluding carboxylic acids is 1. The third kappa shape index (κ3) is 3.97. The summed E-state index contributed by atoms with van der Waals surface area (Å²) < 4.78 is 17.6. The van der Waals surface area contributed by atoms with Gasteiger partial charge in [0.05, 0.1) is 7.11 Å². The van der Waals surface area contributed by atoms with Crippen LogP contribution in [0.4, 0.5) is 0 Å². The Hall–Kier alpha value is -2.73. The number of methoxy groups -OCH3 is 1. The van der Waals surface area contributed by atoms with Gasteiger partial charge in [0, 0.05) is 36.9 Å². The van der Waals surface area contributed by atoms with Gasteiger partial charge in [-0.2, -0.15) is 0 Å². The molecule has 3 unspecified atom stereocenters. The monoisotopic (exact) mass is 423 g/mol. The van der Waals surface area contributed by atoms with Gasteiger partial charge >= 0.3 is 5.97 Å². The van der Waals surface area contributed by atoms with E-state index in [4.69, 9.17) is 14.2 Å². The van der Waals surface area contributed by atoms with E-state index in [1.54, 1.807) is 6.07 Å². The van der Waals surface area contributed by atoms with Crippen molar-refractivity contribution in [1.29, 1.82) is 0 Å². The Morgan fingerprint density at radius 1 is 1.06 bits per heavy atom. The molecule has 31 heavy (non-hydrogen) atoms. The Kier molecular flexibility index (Phi) is 5.48. The van der Waals surface area contributed by atoms with Gasteiger partial charge in [-0.25, -0.2) is 0 Å². The van der Waals surface area contributed by atoms with E-state index < -0.39 is 0 Å². The van der Waals surface area contributed by atoms with Crippen molar-refractivity contribution >= 4 is 5.97 Å². The summed E-state index contributed by atoms with van der Waals surface area (Å²) in [5.74, 6) is 1.32. The van der Waals surface area contributed by atoms with Crippen LogP contribution >= 0.6 is 0 Å². The number of hydrogen-bond donors (Lipinski definition) is 1. The van der Waals surface area contributed by atoms with Crippen molar-refractivity contribution in [2.24, 2.45) is 0 Å². The molecule has 2 aromatic rings. The average molecular weight is 424 g/mol. The number of hydrogen-bond acceptors (Lipinski definition) is 6. The molecule has 1 N–H and O–H groups in total. The summed E-state index contributed by atoms with van der Waals surface area (Å²) in [7, 11) is 1.54. The molecular formula is C25H29NO5. The van der Waals surface area contributed by atoms with E-state index in [-0.39, 0.29) is 23.9 Å². The molecule has 2 saturated heterocycles. The normalized spacial score (nSPS) is 26.1. The fraction of sp³-hybridized carbons (Fsp3) is 0.480. The van der Waals surface area contributed by atoms with E-state index in [1.807, 2.05) is 30.3 Å². The van der Waals surface area contributed by atoms with Crippen molar-refractivity contribution in [3.05, 3.63) is 47.5 Å². The van der Waals surface area contributed by atoms with E-state index >= 15 is 0 Å². The molecular weight excluding hydrogens is 394 g/mol. The molecule has 0 spiro atoms. The van der Waals surface area contributed by atoms with Gasteiger partial charge in [0.1, 0.15) is 11.9 Å². The minimum atomic E-state index is -0.136. The van der Waals surface area contributed by atoms with E-state index in [2.05, 4.69) is 4.90 Å². The molecule has 0 saturated carbocycles. The molecule has 4 aliphatic rings. The number of esters is 1. The number of benzene rings is 2. The quantitative estimate of drug-likeness (QED) is 0.668. The maximum Gasteiger partial charge on any atom is 0.306 e. The summed E-state index contributed by atoms with van der Waals surface area (Å²) in [5, 5.41) is 11.0. The third-order valence-corrected chi connectivity index (χ3v) is 6.86. The molecule has 3 atom stereocenters. The predicted octanol–water partition coefficient (Wildman–Crippen LogP) is 4.74. The van der Waals surface area contributed by atoms with E-state index in [0.29, 0.717) is 42.6 Å². The Morgan fingerprint density at radius 2 is 1.90 bits per heavy atom. The second-order valence-corrected chi connectivity index (χ2v) is 8.77. The smallest absolute Gasteiger partial charge is 0.306 e. The van der Waals surface area contributed by atoms with Crippen LogP contribution in [0.5, 0.6) is 23.0 Å². The number of phenolic OH excluding ortho intramolecular Hbond substituents is 1. The maximum absolute atomic E-state index is 12.6. The lowest BCUT2D eigenvalue weighted by Gasteiger charge is -2.47. The zero-order valence-electron chi connectivity index (χ0n) is 17.9. The second kappa shape index (κ2) is 8.42. The molecule has 0 radical (unpaired) electrons. The van der Waals surface area contributed by atoms with Gasteiger partial charge in [-0.05, 0) is 55.6 Å². The highest BCUT2D eigenvalue weighted by Crippen LogP contribution is 2.49. The minimum absolute atomic E-state index is 0.00356. The summed E-state index contributed by atoms with van der Waals surface area (Å²) in [6.45, 7) is 0.997. The zero-order valence-corrected chi connectivity index (χ0v) is 17.9. The number of carbonyl (C=O) groups is 1. The van der Waals surface area contributed by atoms with Gasteiger partial charge < -0.3 is 19.3 Å². The van der Waals surface area contributed by atoms with E-state index in [9.17, 15) is 9.90 Å². The van der Waals surface area contributed by atoms with Crippen LogP contribution in [0.15, 0.2) is 36.4 Å². The number of phenols is 1. The van der Waals surface area contributed by atoms with E-state index in [0.717, 1.165) is 36.9 Å². The van der Waals surface area contributed by atoms with Gasteiger partial charge in [0.2, 0.25) is 5.75 Å². The van der Waals surface area contributed by atoms with Crippen molar-refractivity contribution in [3.8, 4) is 23.0 Å². The van der Waals surface area contributed by atoms with E-state index in [1.165, 1.54) is 13.5 Å². The summed E-state index contributed by atoms with van der Waals surface area (Å²) in [4.78, 5) is 15.1. The summed E-state index contributed by atoms with van der Waals surface area (Å²) in [6, 6.07) is 11.8. The highest BCUT2D eigenvalue weighted by molar-refractivity contribution is 5.70. The largest absolute Gasteiger partial charge is 0.502 e. The molecule has 0 aromatic heterocycles. The lowest BCUT2D eigenvalue weighted by molar-refractivity contribution is -0.154. The van der Waals surface area contributed by atoms with Gasteiger partial charge in [-0.3, -0.25) is 9.69 Å². The Labute approximate surface area is 182 Å². The molecule has 4 aliphatic heterocycles. The van der Waals surface area contributed by atoms with Crippen LogP contribution in [0.1, 0.15) is 55.7 Å². The fourth-order valence-corrected chi connectivity index (χ4v) is 5.31. The van der Waals surface area contributed by atoms with Crippen molar-refractivity contribution in [3.63, 3.8) is 0 Å². The summed E-state index contributed by atoms with van der Waals surface area (Å²) in [6.07, 6.45) is 5.90. The Balaban J connectivity index is 1.62. The molecule has 2 fully saturated rings. The standard InChI is InChI=1S/C25H29NO5/c1-29-22-11-10-20-21-15-19(14-17-4-2-3-13-26(17)21)30-23(27)12-7-16-5-8-18(9-6-16)31-25(20)24(22)28/h5-6,8-11,17,19,21,28H,2-4,7,12-15H2,1H3. The van der Waals surface area contributed by atoms with Gasteiger partial charge in [0.25, 0.3) is 0 Å². The molecule has 4 heterocycles. The van der Waals surface area contributed by atoms with Crippen molar-refractivity contribution in [1.82, 2.24) is 4.90 Å². The first-order valence-corrected chi connectivity index (χ1v) is 11.2. The highest BCUT2D eigenvalue weighted by atomic mass is 16.5. The summed E-state index contributed by atoms with van der Waals surface area (Å²) >= 11 is 0. The van der Waals surface area contributed by atoms with Crippen LogP contribution in [-0.4, -0.2) is 41.8 Å². The maximum atomic E-state index is 12.6. The van der Waals surface area contributed by atoms with Crippen molar-refractivity contribution < 1.29 is 24.1 Å². The van der Waals surface area contributed by atoms with Crippen molar-refractivity contribution in [2.75, 3.05) is 13.7 Å². The molecule has 2 aromatic carbocycles. The van der Waals surface area contributed by atoms with Crippen molar-refractivity contribution in [2.45, 2.75) is 63.1 Å². The lowest BCUT2D eigenvalue weighted by Crippen LogP contribution is -2.49. The second-order valence-electron chi connectivity index (χ2n) is 8.77. The first-order chi connectivity index (χ1) is 15.1. The molecule has 6 rings (SSSR count). The van der Waals surface area contributed by atoms with Crippen LogP contribution < -0.4 is 9.47 Å². The number of fused-ring (bicyclic) bond motifs is 6. The van der Waals surface area contributed by atoms with Crippen LogP contribution in [0, 0.1) is 0 Å². The Morgan fingerprint density at radius 3 is 2.71 bits per heavy atom. The molecule has 6 heteroatoms. The fourth-order valence-electron chi connectivity index (χ4n) is 5.31. The number of aryl methyl sites for hydroxylation is 1. The molecule has 4 bridgehead atoms. The SMILES string of the molecule is COc1ccc2c(c1O)Oc1ccc(cc1)CCC(=O)OC1CC3CCCCN3C2C1. The highest BCUT2D eigenvalue weighted by Gasteiger charge is 2.41. The lowest BCUT2D eigenvalue weighted by atomic mass is 9.84. The van der Waals surface area contributed by atoms with Crippen LogP contribution in [0.2, 0.25) is 0 Å². The number of ether oxygens (including phenoxy) is 3. The molecule has 0 aliphatic carbocycles. The van der Waals surface area contributed by atoms with Crippen LogP contribution in [0.25, 0.3) is 0 Å². The van der Waals surface area contributed by atoms with Gasteiger partial charge in [-0.1, -0.05) is 18.6 Å². The summed E-state index contributed by atoms with van der Waals surface area (Å²) in [5.41, 5.74) is 1.96. The third-order valence-electron chi connectivity index (χ3n) is 6.86.